The van der Waals surface area contributed by atoms with Gasteiger partial charge in [-0.25, -0.2) is 0 Å². The lowest BCUT2D eigenvalue weighted by molar-refractivity contribution is -0.208. The van der Waals surface area contributed by atoms with Gasteiger partial charge in [0.2, 0.25) is 0 Å². The minimum atomic E-state index is -0.292. The van der Waals surface area contributed by atoms with Crippen molar-refractivity contribution >= 4 is 15.9 Å². The van der Waals surface area contributed by atoms with Gasteiger partial charge in [0.1, 0.15) is 0 Å². The fraction of sp³-hybridized carbons (Fsp3) is 1.00. The largest absolute Gasteiger partial charge is 0.346 e. The van der Waals surface area contributed by atoms with E-state index in [2.05, 4.69) is 36.7 Å². The number of fused-ring (bicyclic) bond motifs is 3. The van der Waals surface area contributed by atoms with Gasteiger partial charge in [0, 0.05) is 5.92 Å². The third-order valence-corrected chi connectivity index (χ3v) is 6.51. The molecule has 1 heterocycles. The molecule has 0 amide bonds. The van der Waals surface area contributed by atoms with Gasteiger partial charge in [-0.1, -0.05) is 36.7 Å². The predicted molar refractivity (Wildman–Crippen MR) is 61.9 cm³/mol. The maximum Gasteiger partial charge on any atom is 0.184 e. The van der Waals surface area contributed by atoms with Gasteiger partial charge >= 0.3 is 0 Å². The third-order valence-electron chi connectivity index (χ3n) is 5.23. The molecular formula is C12H19BrO2. The number of halogens is 1. The van der Waals surface area contributed by atoms with Crippen molar-refractivity contribution in [3.8, 4) is 0 Å². The minimum Gasteiger partial charge on any atom is -0.346 e. The fourth-order valence-corrected chi connectivity index (χ4v) is 5.45. The van der Waals surface area contributed by atoms with Crippen LogP contribution in [0.2, 0.25) is 0 Å². The van der Waals surface area contributed by atoms with Crippen molar-refractivity contribution in [2.75, 3.05) is 13.2 Å². The highest BCUT2D eigenvalue weighted by atomic mass is 79.9. The molecule has 1 aliphatic heterocycles. The highest BCUT2D eigenvalue weighted by molar-refractivity contribution is 9.09. The molecule has 86 valence electrons. The summed E-state index contributed by atoms with van der Waals surface area (Å²) in [5, 5.41) is 0. The van der Waals surface area contributed by atoms with Crippen LogP contribution in [0, 0.1) is 23.2 Å². The first kappa shape index (κ1) is 10.5. The van der Waals surface area contributed by atoms with Crippen molar-refractivity contribution in [2.24, 2.45) is 23.2 Å². The second kappa shape index (κ2) is 2.99. The molecule has 1 spiro atoms. The number of alkyl halides is 1. The summed E-state index contributed by atoms with van der Waals surface area (Å²) in [7, 11) is 0. The Hall–Kier alpha value is 0.400. The van der Waals surface area contributed by atoms with Gasteiger partial charge in [0.25, 0.3) is 0 Å². The molecule has 0 unspecified atom stereocenters. The summed E-state index contributed by atoms with van der Waals surface area (Å²) in [6.45, 7) is 8.66. The van der Waals surface area contributed by atoms with E-state index in [9.17, 15) is 0 Å². The quantitative estimate of drug-likeness (QED) is 0.633. The van der Waals surface area contributed by atoms with Crippen LogP contribution >= 0.6 is 15.9 Å². The Morgan fingerprint density at radius 1 is 1.13 bits per heavy atom. The molecule has 15 heavy (non-hydrogen) atoms. The van der Waals surface area contributed by atoms with E-state index in [1.165, 1.54) is 6.42 Å². The zero-order chi connectivity index (χ0) is 10.8. The fourth-order valence-electron chi connectivity index (χ4n) is 3.95. The van der Waals surface area contributed by atoms with Gasteiger partial charge in [0.15, 0.2) is 5.79 Å². The van der Waals surface area contributed by atoms with Crippen molar-refractivity contribution in [1.82, 2.24) is 0 Å². The maximum atomic E-state index is 5.94. The lowest BCUT2D eigenvalue weighted by Gasteiger charge is -2.47. The molecule has 2 bridgehead atoms. The number of hydrogen-bond acceptors (Lipinski definition) is 2. The Morgan fingerprint density at radius 2 is 1.73 bits per heavy atom. The SMILES string of the molecule is C[C@@H]1[C@H]2C[C@@H]([C@H](Br)C23OCCO3)C1(C)C. The second-order valence-electron chi connectivity index (χ2n) is 5.88. The minimum absolute atomic E-state index is 0.292. The first-order valence-electron chi connectivity index (χ1n) is 5.92. The van der Waals surface area contributed by atoms with Crippen LogP contribution in [0.25, 0.3) is 0 Å². The molecule has 2 nitrogen and oxygen atoms in total. The molecule has 3 aliphatic rings. The summed E-state index contributed by atoms with van der Waals surface area (Å²) in [5.74, 6) is 1.66. The summed E-state index contributed by atoms with van der Waals surface area (Å²) in [5.41, 5.74) is 0.416. The van der Waals surface area contributed by atoms with Crippen LogP contribution in [-0.2, 0) is 9.47 Å². The van der Waals surface area contributed by atoms with Crippen LogP contribution in [0.4, 0.5) is 0 Å². The molecule has 2 saturated carbocycles. The zero-order valence-electron chi connectivity index (χ0n) is 9.63. The van der Waals surface area contributed by atoms with E-state index in [0.717, 1.165) is 13.2 Å². The lowest BCUT2D eigenvalue weighted by Crippen LogP contribution is -2.53. The maximum absolute atomic E-state index is 5.94. The summed E-state index contributed by atoms with van der Waals surface area (Å²) in [6.07, 6.45) is 1.25. The van der Waals surface area contributed by atoms with Crippen LogP contribution in [0.3, 0.4) is 0 Å². The molecule has 4 atom stereocenters. The molecule has 0 aromatic heterocycles. The van der Waals surface area contributed by atoms with Crippen LogP contribution < -0.4 is 0 Å². The normalized spacial score (nSPS) is 50.4. The Balaban J connectivity index is 1.99. The topological polar surface area (TPSA) is 18.5 Å². The Kier molecular flexibility index (Phi) is 2.10. The standard InChI is InChI=1S/C12H19BrO2/c1-7-8-6-9(11(7,2)3)10(13)12(8)14-4-5-15-12/h7-10H,4-6H2,1-3H3/t7-,8-,9+,10+/m1/s1. The molecule has 0 N–H and O–H groups in total. The molecule has 0 aromatic rings. The van der Waals surface area contributed by atoms with Crippen molar-refractivity contribution in [2.45, 2.75) is 37.8 Å². The van der Waals surface area contributed by atoms with Crippen molar-refractivity contribution in [1.29, 1.82) is 0 Å². The zero-order valence-corrected chi connectivity index (χ0v) is 11.2. The average Bonchev–Trinajstić information content (AvgIpc) is 2.80. The van der Waals surface area contributed by atoms with Crippen LogP contribution in [-0.4, -0.2) is 23.8 Å². The molecular weight excluding hydrogens is 256 g/mol. The van der Waals surface area contributed by atoms with E-state index in [4.69, 9.17) is 9.47 Å². The molecule has 2 aliphatic carbocycles. The smallest absolute Gasteiger partial charge is 0.184 e. The van der Waals surface area contributed by atoms with Gasteiger partial charge in [-0.05, 0) is 23.7 Å². The first-order valence-corrected chi connectivity index (χ1v) is 6.83. The highest BCUT2D eigenvalue weighted by Crippen LogP contribution is 2.66. The summed E-state index contributed by atoms with van der Waals surface area (Å²) in [4.78, 5) is 0.378. The van der Waals surface area contributed by atoms with E-state index < -0.39 is 0 Å². The molecule has 0 radical (unpaired) electrons. The monoisotopic (exact) mass is 274 g/mol. The second-order valence-corrected chi connectivity index (χ2v) is 6.87. The lowest BCUT2D eigenvalue weighted by atomic mass is 9.67. The number of rotatable bonds is 0. The first-order chi connectivity index (χ1) is 7.00. The average molecular weight is 275 g/mol. The summed E-state index contributed by atoms with van der Waals surface area (Å²) < 4.78 is 11.9. The van der Waals surface area contributed by atoms with Crippen molar-refractivity contribution in [3.63, 3.8) is 0 Å². The number of ether oxygens (including phenoxy) is 2. The van der Waals surface area contributed by atoms with Crippen molar-refractivity contribution < 1.29 is 9.47 Å². The van der Waals surface area contributed by atoms with Crippen LogP contribution in [0.15, 0.2) is 0 Å². The third kappa shape index (κ3) is 1.07. The van der Waals surface area contributed by atoms with E-state index in [0.29, 0.717) is 28.0 Å². The highest BCUT2D eigenvalue weighted by Gasteiger charge is 2.69. The van der Waals surface area contributed by atoms with Gasteiger partial charge < -0.3 is 9.47 Å². The Bertz CT molecular complexity index is 283. The summed E-state index contributed by atoms with van der Waals surface area (Å²) >= 11 is 3.83. The van der Waals surface area contributed by atoms with E-state index in [1.807, 2.05) is 0 Å². The summed E-state index contributed by atoms with van der Waals surface area (Å²) in [6, 6.07) is 0. The van der Waals surface area contributed by atoms with E-state index in [1.54, 1.807) is 0 Å². The number of hydrogen-bond donors (Lipinski definition) is 0. The van der Waals surface area contributed by atoms with Gasteiger partial charge in [-0.15, -0.1) is 0 Å². The molecule has 0 aromatic carbocycles. The molecule has 3 heteroatoms. The van der Waals surface area contributed by atoms with Crippen LogP contribution in [0.5, 0.6) is 0 Å². The Morgan fingerprint density at radius 3 is 2.27 bits per heavy atom. The molecule has 3 rings (SSSR count). The van der Waals surface area contributed by atoms with E-state index >= 15 is 0 Å². The van der Waals surface area contributed by atoms with Gasteiger partial charge in [-0.2, -0.15) is 0 Å². The predicted octanol–water partition coefficient (Wildman–Crippen LogP) is 2.81. The van der Waals surface area contributed by atoms with Gasteiger partial charge in [-0.3, -0.25) is 0 Å². The molecule has 3 fully saturated rings. The van der Waals surface area contributed by atoms with E-state index in [-0.39, 0.29) is 5.79 Å². The van der Waals surface area contributed by atoms with Crippen molar-refractivity contribution in [3.05, 3.63) is 0 Å². The van der Waals surface area contributed by atoms with Gasteiger partial charge in [0.05, 0.1) is 18.0 Å². The molecule has 1 saturated heterocycles. The van der Waals surface area contributed by atoms with Crippen LogP contribution in [0.1, 0.15) is 27.2 Å². The Labute approximate surface area is 99.8 Å².